The number of nitrogens with zero attached hydrogens (tertiary/aromatic N) is 2. The number of halogens is 2. The van der Waals surface area contributed by atoms with Crippen LogP contribution in [0, 0.1) is 0 Å². The van der Waals surface area contributed by atoms with Crippen molar-refractivity contribution in [1.29, 1.82) is 0 Å². The largest absolute Gasteiger partial charge is 0.462 e. The fourth-order valence-electron chi connectivity index (χ4n) is 4.83. The third-order valence-corrected chi connectivity index (χ3v) is 8.70. The lowest BCUT2D eigenvalue weighted by Crippen LogP contribution is -2.42. The normalized spacial score (nSPS) is 22.3. The number of aliphatic hydroxyl groups is 1. The van der Waals surface area contributed by atoms with Gasteiger partial charge in [0.2, 0.25) is 12.0 Å². The highest BCUT2D eigenvalue weighted by Gasteiger charge is 2.60. The molecule has 2 aliphatic heterocycles. The van der Waals surface area contributed by atoms with Gasteiger partial charge in [0.05, 0.1) is 12.7 Å². The summed E-state index contributed by atoms with van der Waals surface area (Å²) >= 11 is 0. The van der Waals surface area contributed by atoms with Crippen molar-refractivity contribution in [2.45, 2.75) is 76.9 Å². The second-order valence-corrected chi connectivity index (χ2v) is 13.6. The maximum absolute atomic E-state index is 15.3. The van der Waals surface area contributed by atoms with Gasteiger partial charge in [-0.05, 0) is 57.2 Å². The summed E-state index contributed by atoms with van der Waals surface area (Å²) in [6.45, 7) is 7.04. The van der Waals surface area contributed by atoms with Crippen LogP contribution in [0.25, 0.3) is 0 Å². The first kappa shape index (κ1) is 35.9. The Morgan fingerprint density at radius 1 is 1.08 bits per heavy atom. The third-order valence-electron chi connectivity index (χ3n) is 7.06. The highest BCUT2D eigenvalue weighted by Crippen LogP contribution is 2.48. The fourth-order valence-corrected chi connectivity index (χ4v) is 6.33. The van der Waals surface area contributed by atoms with Crippen LogP contribution in [0.4, 0.5) is 14.6 Å². The average molecular weight is 709 g/mol. The molecule has 5 rings (SSSR count). The smallest absolute Gasteiger partial charge is 0.459 e. The lowest BCUT2D eigenvalue weighted by molar-refractivity contribution is -0.149. The van der Waals surface area contributed by atoms with Gasteiger partial charge < -0.3 is 33.9 Å². The van der Waals surface area contributed by atoms with Crippen LogP contribution in [0.3, 0.4) is 0 Å². The Balaban J connectivity index is 1.28. The van der Waals surface area contributed by atoms with E-state index >= 15 is 8.78 Å². The Hall–Kier alpha value is -4.41. The lowest BCUT2D eigenvalue weighted by Gasteiger charge is -2.25. The molecule has 0 bridgehead atoms. The number of carbonyl (C=O) groups excluding carboxylic acids is 2. The van der Waals surface area contributed by atoms with Crippen molar-refractivity contribution in [3.05, 3.63) is 76.8 Å². The zero-order valence-corrected chi connectivity index (χ0v) is 27.9. The molecule has 3 N–H and O–H groups in total. The van der Waals surface area contributed by atoms with Gasteiger partial charge >= 0.3 is 25.3 Å². The van der Waals surface area contributed by atoms with Gasteiger partial charge in [-0.15, -0.1) is 0 Å². The molecule has 264 valence electrons. The van der Waals surface area contributed by atoms with Crippen molar-refractivity contribution in [2.75, 3.05) is 11.9 Å². The van der Waals surface area contributed by atoms with Crippen LogP contribution in [0.2, 0.25) is 0 Å². The predicted molar refractivity (Wildman–Crippen MR) is 168 cm³/mol. The highest BCUT2D eigenvalue weighted by molar-refractivity contribution is 7.52. The standard InChI is InChI=1S/C31H35F2N4O11P/c1-17(2)44-27(40)18(3)36-49(42,48-20-9-7-6-8-10-20)43-16-23-25(38)31(32,33)28(45-23)37-14-13-24(35-29(37)41)34-26(39)19-11-12-21-22(15-19)47-30(4,5)46-21/h6-15,17-18,23,25,28,38H,16H2,1-5H3,(H,36,42)(H,34,35,39,41)/t18-,23-,25-,28?,49?/m1/s1. The molecule has 49 heavy (non-hydrogen) atoms. The Kier molecular flexibility index (Phi) is 10.1. The zero-order chi connectivity index (χ0) is 35.7. The number of para-hydroxylation sites is 1. The number of rotatable bonds is 12. The molecule has 2 aliphatic rings. The minimum Gasteiger partial charge on any atom is -0.462 e. The monoisotopic (exact) mass is 708 g/mol. The van der Waals surface area contributed by atoms with E-state index in [0.29, 0.717) is 16.1 Å². The molecular weight excluding hydrogens is 673 g/mol. The molecule has 2 unspecified atom stereocenters. The molecule has 0 aliphatic carbocycles. The molecule has 15 nitrogen and oxygen atoms in total. The number of amides is 1. The maximum atomic E-state index is 15.3. The van der Waals surface area contributed by atoms with Crippen LogP contribution in [-0.2, 0) is 23.4 Å². The van der Waals surface area contributed by atoms with Crippen LogP contribution in [0.5, 0.6) is 17.2 Å². The minimum atomic E-state index is -4.50. The lowest BCUT2D eigenvalue weighted by atomic mass is 10.1. The summed E-state index contributed by atoms with van der Waals surface area (Å²) in [4.78, 5) is 41.7. The van der Waals surface area contributed by atoms with Gasteiger partial charge in [0.25, 0.3) is 5.91 Å². The van der Waals surface area contributed by atoms with Crippen LogP contribution < -0.4 is 30.1 Å². The van der Waals surface area contributed by atoms with Crippen LogP contribution in [0.1, 0.15) is 51.2 Å². The number of alkyl halides is 2. The van der Waals surface area contributed by atoms with Crippen molar-refractivity contribution >= 4 is 25.4 Å². The number of nitrogens with one attached hydrogen (secondary N) is 2. The Labute approximate surface area is 279 Å². The fraction of sp³-hybridized carbons (Fsp3) is 0.419. The minimum absolute atomic E-state index is 0.0612. The van der Waals surface area contributed by atoms with E-state index in [1.54, 1.807) is 52.0 Å². The first-order valence-corrected chi connectivity index (χ1v) is 16.6. The number of carbonyl (C=O) groups is 2. The molecule has 2 aromatic carbocycles. The average Bonchev–Trinajstić information content (AvgIpc) is 3.45. The molecule has 0 spiro atoms. The number of esters is 1. The maximum Gasteiger partial charge on any atom is 0.459 e. The van der Waals surface area contributed by atoms with E-state index in [2.05, 4.69) is 15.4 Å². The van der Waals surface area contributed by atoms with E-state index in [1.807, 2.05) is 0 Å². The SMILES string of the molecule is CC(C)OC(=O)[C@@H](C)NP(=O)(OC[C@H]1OC(n2ccc(NC(=O)c3ccc4c(c3)OC(C)(C)O4)nc2=O)C(F)(F)[C@@H]1O)Oc1ccccc1. The summed E-state index contributed by atoms with van der Waals surface area (Å²) in [7, 11) is -4.50. The molecule has 3 heterocycles. The first-order chi connectivity index (χ1) is 23.0. The second-order valence-electron chi connectivity index (χ2n) is 11.9. The van der Waals surface area contributed by atoms with Gasteiger partial charge in [0, 0.05) is 25.6 Å². The molecule has 1 saturated heterocycles. The van der Waals surface area contributed by atoms with E-state index in [4.69, 9.17) is 28.0 Å². The molecule has 1 aromatic heterocycles. The van der Waals surface area contributed by atoms with Gasteiger partial charge in [-0.25, -0.2) is 9.36 Å². The van der Waals surface area contributed by atoms with E-state index in [1.165, 1.54) is 31.2 Å². The van der Waals surface area contributed by atoms with Crippen LogP contribution >= 0.6 is 7.75 Å². The van der Waals surface area contributed by atoms with Gasteiger partial charge in [0.1, 0.15) is 23.7 Å². The molecule has 0 radical (unpaired) electrons. The van der Waals surface area contributed by atoms with Crippen molar-refractivity contribution < 1.29 is 56.0 Å². The van der Waals surface area contributed by atoms with E-state index in [-0.39, 0.29) is 17.1 Å². The zero-order valence-electron chi connectivity index (χ0n) is 27.0. The summed E-state index contributed by atoms with van der Waals surface area (Å²) in [5, 5.41) is 15.3. The number of anilines is 1. The summed E-state index contributed by atoms with van der Waals surface area (Å²) in [6, 6.07) is 12.0. The molecule has 5 atom stereocenters. The highest BCUT2D eigenvalue weighted by atomic mass is 31.2. The number of ether oxygens (including phenoxy) is 4. The van der Waals surface area contributed by atoms with E-state index < -0.39 is 74.2 Å². The van der Waals surface area contributed by atoms with Crippen molar-refractivity contribution in [3.8, 4) is 17.2 Å². The van der Waals surface area contributed by atoms with Gasteiger partial charge in [-0.3, -0.25) is 18.7 Å². The predicted octanol–water partition coefficient (Wildman–Crippen LogP) is 4.03. The number of hydrogen-bond donors (Lipinski definition) is 3. The Morgan fingerprint density at radius 2 is 1.78 bits per heavy atom. The second kappa shape index (κ2) is 13.8. The number of hydrogen-bond acceptors (Lipinski definition) is 12. The molecule has 1 fully saturated rings. The molecule has 3 aromatic rings. The number of aromatic nitrogens is 2. The number of fused-ring (bicyclic) bond motifs is 1. The Morgan fingerprint density at radius 3 is 2.45 bits per heavy atom. The van der Waals surface area contributed by atoms with Crippen molar-refractivity contribution in [3.63, 3.8) is 0 Å². The molecule has 1 amide bonds. The summed E-state index contributed by atoms with van der Waals surface area (Å²) < 4.78 is 77.4. The van der Waals surface area contributed by atoms with Gasteiger partial charge in [0.15, 0.2) is 17.6 Å². The summed E-state index contributed by atoms with van der Waals surface area (Å²) in [5.74, 6) is -5.84. The molecule has 18 heteroatoms. The third kappa shape index (κ3) is 8.25. The van der Waals surface area contributed by atoms with Crippen LogP contribution in [-0.4, -0.2) is 69.2 Å². The number of aliphatic hydroxyl groups excluding tert-OH is 1. The van der Waals surface area contributed by atoms with Gasteiger partial charge in [-0.2, -0.15) is 18.9 Å². The molecular formula is C31H35F2N4O11P. The van der Waals surface area contributed by atoms with Crippen molar-refractivity contribution in [2.24, 2.45) is 0 Å². The summed E-state index contributed by atoms with van der Waals surface area (Å²) in [6.07, 6.45) is -6.29. The topological polar surface area (TPSA) is 186 Å². The quantitative estimate of drug-likeness (QED) is 0.181. The first-order valence-electron chi connectivity index (χ1n) is 15.1. The van der Waals surface area contributed by atoms with Gasteiger partial charge in [-0.1, -0.05) is 18.2 Å². The number of benzene rings is 2. The van der Waals surface area contributed by atoms with Crippen LogP contribution in [0.15, 0.2) is 65.6 Å². The van der Waals surface area contributed by atoms with E-state index in [0.717, 1.165) is 12.3 Å². The Bertz CT molecular complexity index is 1810. The molecule has 0 saturated carbocycles. The van der Waals surface area contributed by atoms with Crippen molar-refractivity contribution in [1.82, 2.24) is 14.6 Å². The van der Waals surface area contributed by atoms with E-state index in [9.17, 15) is 24.1 Å². The summed E-state index contributed by atoms with van der Waals surface area (Å²) in [5.41, 5.74) is -1.09.